The van der Waals surface area contributed by atoms with Gasteiger partial charge in [-0.05, 0) is 56.5 Å². The number of benzene rings is 2. The SMILES string of the molecule is CNC(=O)[C@@H](C)N(Cc1cccc(C)c1)C(=O)CN(c1cc(C)cc(C)c1)S(C)(=O)=O. The largest absolute Gasteiger partial charge is 0.357 e. The molecule has 0 spiro atoms. The summed E-state index contributed by atoms with van der Waals surface area (Å²) in [5.41, 5.74) is 4.11. The van der Waals surface area contributed by atoms with Crippen LogP contribution in [0.15, 0.2) is 42.5 Å². The Morgan fingerprint density at radius 1 is 1.00 bits per heavy atom. The van der Waals surface area contributed by atoms with Crippen LogP contribution in [0.1, 0.15) is 29.2 Å². The minimum absolute atomic E-state index is 0.194. The Labute approximate surface area is 185 Å². The summed E-state index contributed by atoms with van der Waals surface area (Å²) in [4.78, 5) is 27.1. The van der Waals surface area contributed by atoms with Gasteiger partial charge in [0.2, 0.25) is 21.8 Å². The van der Waals surface area contributed by atoms with Crippen molar-refractivity contribution in [2.75, 3.05) is 24.2 Å². The number of likely N-dealkylation sites (N-methyl/N-ethyl adjacent to an activating group) is 1. The first-order valence-corrected chi connectivity index (χ1v) is 11.9. The summed E-state index contributed by atoms with van der Waals surface area (Å²) in [6, 6.07) is 12.3. The molecule has 0 radical (unpaired) electrons. The van der Waals surface area contributed by atoms with E-state index in [2.05, 4.69) is 5.32 Å². The van der Waals surface area contributed by atoms with Crippen molar-refractivity contribution in [2.45, 2.75) is 40.3 Å². The molecule has 0 saturated carbocycles. The van der Waals surface area contributed by atoms with Gasteiger partial charge in [-0.1, -0.05) is 35.9 Å². The van der Waals surface area contributed by atoms with Crippen LogP contribution in [0.2, 0.25) is 0 Å². The summed E-state index contributed by atoms with van der Waals surface area (Å²) in [5.74, 6) is -0.777. The molecule has 0 bridgehead atoms. The third-order valence-corrected chi connectivity index (χ3v) is 6.16. The number of rotatable bonds is 8. The van der Waals surface area contributed by atoms with Gasteiger partial charge in [-0.2, -0.15) is 0 Å². The molecule has 1 N–H and O–H groups in total. The molecule has 168 valence electrons. The van der Waals surface area contributed by atoms with E-state index in [1.54, 1.807) is 19.1 Å². The van der Waals surface area contributed by atoms with Crippen molar-refractivity contribution in [1.82, 2.24) is 10.2 Å². The Morgan fingerprint density at radius 2 is 1.61 bits per heavy atom. The maximum atomic E-state index is 13.3. The molecule has 2 aromatic carbocycles. The molecule has 2 rings (SSSR count). The van der Waals surface area contributed by atoms with Crippen LogP contribution in [-0.2, 0) is 26.2 Å². The molecule has 31 heavy (non-hydrogen) atoms. The van der Waals surface area contributed by atoms with E-state index in [-0.39, 0.29) is 12.5 Å². The number of carbonyl (C=O) groups is 2. The van der Waals surface area contributed by atoms with Crippen molar-refractivity contribution in [1.29, 1.82) is 0 Å². The third-order valence-electron chi connectivity index (χ3n) is 5.02. The quantitative estimate of drug-likeness (QED) is 0.677. The molecule has 0 aromatic heterocycles. The lowest BCUT2D eigenvalue weighted by Gasteiger charge is -2.31. The van der Waals surface area contributed by atoms with E-state index in [0.717, 1.165) is 32.8 Å². The predicted octanol–water partition coefficient (Wildman–Crippen LogP) is 2.54. The minimum Gasteiger partial charge on any atom is -0.357 e. The smallest absolute Gasteiger partial charge is 0.244 e. The van der Waals surface area contributed by atoms with Crippen molar-refractivity contribution in [3.63, 3.8) is 0 Å². The van der Waals surface area contributed by atoms with E-state index in [4.69, 9.17) is 0 Å². The van der Waals surface area contributed by atoms with E-state index in [9.17, 15) is 18.0 Å². The summed E-state index contributed by atoms with van der Waals surface area (Å²) >= 11 is 0. The fourth-order valence-electron chi connectivity index (χ4n) is 3.51. The van der Waals surface area contributed by atoms with Gasteiger partial charge in [-0.25, -0.2) is 8.42 Å². The molecular formula is C23H31N3O4S. The Bertz CT molecular complexity index is 1050. The first-order valence-electron chi connectivity index (χ1n) is 10.0. The molecule has 2 aromatic rings. The second-order valence-electron chi connectivity index (χ2n) is 7.92. The van der Waals surface area contributed by atoms with Gasteiger partial charge < -0.3 is 10.2 Å². The van der Waals surface area contributed by atoms with E-state index in [1.807, 2.05) is 51.1 Å². The van der Waals surface area contributed by atoms with Crippen LogP contribution in [0.3, 0.4) is 0 Å². The van der Waals surface area contributed by atoms with E-state index >= 15 is 0 Å². The lowest BCUT2D eigenvalue weighted by atomic mass is 10.1. The summed E-state index contributed by atoms with van der Waals surface area (Å²) in [5, 5.41) is 2.56. The highest BCUT2D eigenvalue weighted by molar-refractivity contribution is 7.92. The molecule has 0 saturated heterocycles. The maximum Gasteiger partial charge on any atom is 0.244 e. The molecule has 2 amide bonds. The summed E-state index contributed by atoms with van der Waals surface area (Å²) in [6.07, 6.45) is 1.07. The Kier molecular flexibility index (Phi) is 7.84. The zero-order valence-corrected chi connectivity index (χ0v) is 19.8. The van der Waals surface area contributed by atoms with Crippen molar-refractivity contribution < 1.29 is 18.0 Å². The number of anilines is 1. The molecule has 0 heterocycles. The van der Waals surface area contributed by atoms with Gasteiger partial charge in [0.1, 0.15) is 12.6 Å². The highest BCUT2D eigenvalue weighted by Gasteiger charge is 2.29. The molecule has 7 nitrogen and oxygen atoms in total. The number of nitrogens with zero attached hydrogens (tertiary/aromatic N) is 2. The molecule has 0 fully saturated rings. The third kappa shape index (κ3) is 6.55. The number of nitrogens with one attached hydrogen (secondary N) is 1. The van der Waals surface area contributed by atoms with Crippen LogP contribution in [-0.4, -0.2) is 51.0 Å². The van der Waals surface area contributed by atoms with Crippen LogP contribution in [0.4, 0.5) is 5.69 Å². The van der Waals surface area contributed by atoms with Gasteiger partial charge in [-0.3, -0.25) is 13.9 Å². The summed E-state index contributed by atoms with van der Waals surface area (Å²) in [7, 11) is -2.22. The van der Waals surface area contributed by atoms with Gasteiger partial charge in [0, 0.05) is 13.6 Å². The lowest BCUT2D eigenvalue weighted by molar-refractivity contribution is -0.139. The van der Waals surface area contributed by atoms with Gasteiger partial charge in [0.25, 0.3) is 0 Å². The number of hydrogen-bond acceptors (Lipinski definition) is 4. The first kappa shape index (κ1) is 24.4. The molecule has 1 atom stereocenters. The van der Waals surface area contributed by atoms with Crippen LogP contribution < -0.4 is 9.62 Å². The standard InChI is InChI=1S/C23H31N3O4S/c1-16-8-7-9-20(11-16)14-25(19(4)23(28)24-5)22(27)15-26(31(6,29)30)21-12-17(2)10-18(3)13-21/h7-13,19H,14-15H2,1-6H3,(H,24,28)/t19-/m1/s1. The topological polar surface area (TPSA) is 86.8 Å². The monoisotopic (exact) mass is 445 g/mol. The maximum absolute atomic E-state index is 13.3. The Morgan fingerprint density at radius 3 is 2.13 bits per heavy atom. The number of aryl methyl sites for hydroxylation is 3. The van der Waals surface area contributed by atoms with Crippen LogP contribution in [0.25, 0.3) is 0 Å². The minimum atomic E-state index is -3.73. The molecule has 0 aliphatic rings. The zero-order valence-electron chi connectivity index (χ0n) is 19.0. The van der Waals surface area contributed by atoms with Crippen molar-refractivity contribution in [2.24, 2.45) is 0 Å². The number of carbonyl (C=O) groups excluding carboxylic acids is 2. The number of sulfonamides is 1. The number of amides is 2. The average molecular weight is 446 g/mol. The van der Waals surface area contributed by atoms with Gasteiger partial charge in [0.15, 0.2) is 0 Å². The average Bonchev–Trinajstić information content (AvgIpc) is 2.67. The van der Waals surface area contributed by atoms with Gasteiger partial charge in [0.05, 0.1) is 11.9 Å². The van der Waals surface area contributed by atoms with E-state index in [1.165, 1.54) is 11.9 Å². The summed E-state index contributed by atoms with van der Waals surface area (Å²) < 4.78 is 26.2. The fourth-order valence-corrected chi connectivity index (χ4v) is 4.34. The van der Waals surface area contributed by atoms with Gasteiger partial charge >= 0.3 is 0 Å². The molecule has 8 heteroatoms. The van der Waals surface area contributed by atoms with Crippen molar-refractivity contribution in [3.8, 4) is 0 Å². The molecule has 0 aliphatic heterocycles. The number of hydrogen-bond donors (Lipinski definition) is 1. The first-order chi connectivity index (χ1) is 14.4. The fraction of sp³-hybridized carbons (Fsp3) is 0.391. The molecule has 0 aliphatic carbocycles. The molecular weight excluding hydrogens is 414 g/mol. The normalized spacial score (nSPS) is 12.2. The van der Waals surface area contributed by atoms with Crippen molar-refractivity contribution in [3.05, 3.63) is 64.7 Å². The van der Waals surface area contributed by atoms with Crippen molar-refractivity contribution >= 4 is 27.5 Å². The van der Waals surface area contributed by atoms with E-state index in [0.29, 0.717) is 5.69 Å². The lowest BCUT2D eigenvalue weighted by Crippen LogP contribution is -2.50. The summed E-state index contributed by atoms with van der Waals surface area (Å²) in [6.45, 7) is 7.12. The highest BCUT2D eigenvalue weighted by atomic mass is 32.2. The van der Waals surface area contributed by atoms with Crippen LogP contribution in [0, 0.1) is 20.8 Å². The molecule has 0 unspecified atom stereocenters. The second-order valence-corrected chi connectivity index (χ2v) is 9.82. The zero-order chi connectivity index (χ0) is 23.3. The Balaban J connectivity index is 2.42. The predicted molar refractivity (Wildman–Crippen MR) is 123 cm³/mol. The van der Waals surface area contributed by atoms with E-state index < -0.39 is 28.5 Å². The van der Waals surface area contributed by atoms with Gasteiger partial charge in [-0.15, -0.1) is 0 Å². The van der Waals surface area contributed by atoms with Crippen LogP contribution in [0.5, 0.6) is 0 Å². The second kappa shape index (κ2) is 9.96. The van der Waals surface area contributed by atoms with Crippen LogP contribution >= 0.6 is 0 Å². The highest BCUT2D eigenvalue weighted by Crippen LogP contribution is 2.22. The Hall–Kier alpha value is -2.87.